The first kappa shape index (κ1) is 19.0. The standard InChI is InChI=1S/C21H15F3N2S/c1-14-7-9-16(10-8-14)19-11-18(21(22,23)24)17(12-25)20(26-19)27-13-15-5-3-2-4-6-15/h2-11H,13H2,1H3. The molecule has 136 valence electrons. The topological polar surface area (TPSA) is 36.7 Å². The number of aryl methyl sites for hydroxylation is 1. The molecule has 2 aromatic carbocycles. The van der Waals surface area contributed by atoms with Crippen LogP contribution in [0.1, 0.15) is 22.3 Å². The predicted molar refractivity (Wildman–Crippen MR) is 100 cm³/mol. The lowest BCUT2D eigenvalue weighted by molar-refractivity contribution is -0.138. The summed E-state index contributed by atoms with van der Waals surface area (Å²) in [5.74, 6) is 0.428. The van der Waals surface area contributed by atoms with Crippen molar-refractivity contribution >= 4 is 11.8 Å². The molecule has 0 fully saturated rings. The summed E-state index contributed by atoms with van der Waals surface area (Å²) in [4.78, 5) is 4.37. The molecular weight excluding hydrogens is 369 g/mol. The van der Waals surface area contributed by atoms with Crippen LogP contribution in [0.4, 0.5) is 13.2 Å². The lowest BCUT2D eigenvalue weighted by Crippen LogP contribution is -2.10. The van der Waals surface area contributed by atoms with Gasteiger partial charge >= 0.3 is 6.18 Å². The van der Waals surface area contributed by atoms with Crippen molar-refractivity contribution in [3.63, 3.8) is 0 Å². The zero-order valence-electron chi connectivity index (χ0n) is 14.4. The largest absolute Gasteiger partial charge is 0.417 e. The average molecular weight is 384 g/mol. The van der Waals surface area contributed by atoms with Crippen molar-refractivity contribution in [3.05, 3.63) is 82.9 Å². The second-order valence-corrected chi connectivity index (χ2v) is 6.95. The summed E-state index contributed by atoms with van der Waals surface area (Å²) in [6.45, 7) is 1.90. The maximum absolute atomic E-state index is 13.6. The maximum atomic E-state index is 13.6. The highest BCUT2D eigenvalue weighted by molar-refractivity contribution is 7.98. The van der Waals surface area contributed by atoms with Crippen LogP contribution in [0, 0.1) is 18.3 Å². The molecule has 0 bridgehead atoms. The molecule has 0 atom stereocenters. The quantitative estimate of drug-likeness (QED) is 0.500. The molecule has 3 rings (SSSR count). The Kier molecular flexibility index (Phi) is 5.52. The summed E-state index contributed by atoms with van der Waals surface area (Å²) < 4.78 is 40.7. The lowest BCUT2D eigenvalue weighted by Gasteiger charge is -2.14. The highest BCUT2D eigenvalue weighted by atomic mass is 32.2. The first-order chi connectivity index (χ1) is 12.9. The minimum atomic E-state index is -4.63. The number of alkyl halides is 3. The van der Waals surface area contributed by atoms with Crippen LogP contribution in [-0.2, 0) is 11.9 Å². The SMILES string of the molecule is Cc1ccc(-c2cc(C(F)(F)F)c(C#N)c(SCc3ccccc3)n2)cc1. The summed E-state index contributed by atoms with van der Waals surface area (Å²) in [7, 11) is 0. The van der Waals surface area contributed by atoms with Crippen molar-refractivity contribution in [2.75, 3.05) is 0 Å². The van der Waals surface area contributed by atoms with Crippen LogP contribution < -0.4 is 0 Å². The zero-order chi connectivity index (χ0) is 19.4. The van der Waals surface area contributed by atoms with E-state index in [2.05, 4.69) is 4.98 Å². The summed E-state index contributed by atoms with van der Waals surface area (Å²) in [6, 6.07) is 19.1. The van der Waals surface area contributed by atoms with E-state index < -0.39 is 17.3 Å². The Labute approximate surface area is 159 Å². The Morgan fingerprint density at radius 1 is 1.04 bits per heavy atom. The van der Waals surface area contributed by atoms with Crippen molar-refractivity contribution in [1.82, 2.24) is 4.98 Å². The van der Waals surface area contributed by atoms with Crippen molar-refractivity contribution in [3.8, 4) is 17.3 Å². The van der Waals surface area contributed by atoms with E-state index >= 15 is 0 Å². The van der Waals surface area contributed by atoms with E-state index in [0.717, 1.165) is 29.0 Å². The molecule has 0 aliphatic heterocycles. The third-order valence-corrected chi connectivity index (χ3v) is 5.02. The maximum Gasteiger partial charge on any atom is 0.417 e. The number of rotatable bonds is 4. The third kappa shape index (κ3) is 4.50. The van der Waals surface area contributed by atoms with Crippen LogP contribution in [0.2, 0.25) is 0 Å². The smallest absolute Gasteiger partial charge is 0.240 e. The number of hydrogen-bond donors (Lipinski definition) is 0. The van der Waals surface area contributed by atoms with Crippen LogP contribution in [-0.4, -0.2) is 4.98 Å². The minimum absolute atomic E-state index is 0.0896. The number of halogens is 3. The van der Waals surface area contributed by atoms with E-state index in [9.17, 15) is 18.4 Å². The molecule has 0 amide bonds. The van der Waals surface area contributed by atoms with E-state index in [-0.39, 0.29) is 10.7 Å². The molecular formula is C21H15F3N2S. The molecule has 1 heterocycles. The number of thioether (sulfide) groups is 1. The molecule has 0 N–H and O–H groups in total. The van der Waals surface area contributed by atoms with Gasteiger partial charge in [-0.05, 0) is 18.6 Å². The summed E-state index contributed by atoms with van der Waals surface area (Å²) in [5, 5.41) is 9.44. The molecule has 3 aromatic rings. The van der Waals surface area contributed by atoms with E-state index in [4.69, 9.17) is 0 Å². The van der Waals surface area contributed by atoms with E-state index in [1.807, 2.05) is 49.4 Å². The molecule has 0 spiro atoms. The van der Waals surface area contributed by atoms with Crippen LogP contribution in [0.5, 0.6) is 0 Å². The molecule has 6 heteroatoms. The predicted octanol–water partition coefficient (Wildman–Crippen LogP) is 6.24. The molecule has 1 aromatic heterocycles. The molecule has 0 saturated heterocycles. The van der Waals surface area contributed by atoms with Gasteiger partial charge in [0.1, 0.15) is 11.1 Å². The Balaban J connectivity index is 2.08. The van der Waals surface area contributed by atoms with Gasteiger partial charge in [-0.2, -0.15) is 18.4 Å². The van der Waals surface area contributed by atoms with Crippen LogP contribution in [0.15, 0.2) is 65.7 Å². The Hall–Kier alpha value is -2.78. The van der Waals surface area contributed by atoms with Gasteiger partial charge in [-0.15, -0.1) is 11.8 Å². The van der Waals surface area contributed by atoms with Crippen LogP contribution in [0.3, 0.4) is 0 Å². The summed E-state index contributed by atoms with van der Waals surface area (Å²) in [5.41, 5.74) is 1.35. The van der Waals surface area contributed by atoms with Crippen molar-refractivity contribution in [2.45, 2.75) is 23.9 Å². The number of aromatic nitrogens is 1. The van der Waals surface area contributed by atoms with E-state index in [1.165, 1.54) is 0 Å². The first-order valence-electron chi connectivity index (χ1n) is 8.14. The zero-order valence-corrected chi connectivity index (χ0v) is 15.2. The molecule has 2 nitrogen and oxygen atoms in total. The average Bonchev–Trinajstić information content (AvgIpc) is 2.66. The second-order valence-electron chi connectivity index (χ2n) is 5.99. The van der Waals surface area contributed by atoms with E-state index in [0.29, 0.717) is 11.3 Å². The number of nitriles is 1. The van der Waals surface area contributed by atoms with Gasteiger partial charge in [-0.3, -0.25) is 0 Å². The molecule has 0 radical (unpaired) electrons. The molecule has 0 aliphatic rings. The van der Waals surface area contributed by atoms with Crippen molar-refractivity contribution in [1.29, 1.82) is 5.26 Å². The lowest BCUT2D eigenvalue weighted by atomic mass is 10.0. The third-order valence-electron chi connectivity index (χ3n) is 3.97. The second kappa shape index (κ2) is 7.85. The number of benzene rings is 2. The Morgan fingerprint density at radius 3 is 2.30 bits per heavy atom. The number of hydrogen-bond acceptors (Lipinski definition) is 3. The highest BCUT2D eigenvalue weighted by Crippen LogP contribution is 2.38. The van der Waals surface area contributed by atoms with Gasteiger partial charge in [0.05, 0.1) is 16.8 Å². The summed E-state index contributed by atoms with van der Waals surface area (Å²) >= 11 is 1.13. The minimum Gasteiger partial charge on any atom is -0.240 e. The first-order valence-corrected chi connectivity index (χ1v) is 9.13. The van der Waals surface area contributed by atoms with Gasteiger partial charge in [0.15, 0.2) is 0 Å². The highest BCUT2D eigenvalue weighted by Gasteiger charge is 2.36. The van der Waals surface area contributed by atoms with Crippen LogP contribution >= 0.6 is 11.8 Å². The molecule has 0 saturated carbocycles. The van der Waals surface area contributed by atoms with Crippen molar-refractivity contribution in [2.24, 2.45) is 0 Å². The van der Waals surface area contributed by atoms with E-state index in [1.54, 1.807) is 18.2 Å². The fourth-order valence-corrected chi connectivity index (χ4v) is 3.51. The van der Waals surface area contributed by atoms with Gasteiger partial charge in [0.25, 0.3) is 0 Å². The Bertz CT molecular complexity index is 975. The van der Waals surface area contributed by atoms with Crippen molar-refractivity contribution < 1.29 is 13.2 Å². The van der Waals surface area contributed by atoms with Gasteiger partial charge in [-0.1, -0.05) is 60.2 Å². The van der Waals surface area contributed by atoms with Crippen LogP contribution in [0.25, 0.3) is 11.3 Å². The number of nitrogens with zero attached hydrogens (tertiary/aromatic N) is 2. The van der Waals surface area contributed by atoms with Gasteiger partial charge in [0, 0.05) is 11.3 Å². The fourth-order valence-electron chi connectivity index (χ4n) is 2.56. The normalized spacial score (nSPS) is 11.2. The molecule has 0 aliphatic carbocycles. The summed E-state index contributed by atoms with van der Waals surface area (Å²) in [6.07, 6.45) is -4.63. The monoisotopic (exact) mass is 384 g/mol. The Morgan fingerprint density at radius 2 is 1.70 bits per heavy atom. The van der Waals surface area contributed by atoms with Gasteiger partial charge in [-0.25, -0.2) is 4.98 Å². The number of pyridine rings is 1. The molecule has 0 unspecified atom stereocenters. The molecule has 27 heavy (non-hydrogen) atoms. The van der Waals surface area contributed by atoms with Gasteiger partial charge in [0.2, 0.25) is 0 Å². The van der Waals surface area contributed by atoms with Gasteiger partial charge < -0.3 is 0 Å². The fraction of sp³-hybridized carbons (Fsp3) is 0.143.